The summed E-state index contributed by atoms with van der Waals surface area (Å²) in [5.41, 5.74) is 8.70. The van der Waals surface area contributed by atoms with Crippen LogP contribution in [0.3, 0.4) is 0 Å². The van der Waals surface area contributed by atoms with Gasteiger partial charge in [-0.15, -0.1) is 12.4 Å². The molecule has 2 atom stereocenters. The van der Waals surface area contributed by atoms with E-state index in [0.717, 1.165) is 16.9 Å². The summed E-state index contributed by atoms with van der Waals surface area (Å²) in [6.45, 7) is 0. The van der Waals surface area contributed by atoms with Crippen LogP contribution in [-0.2, 0) is 4.74 Å². The summed E-state index contributed by atoms with van der Waals surface area (Å²) < 4.78 is 10.8. The van der Waals surface area contributed by atoms with E-state index in [1.165, 1.54) is 7.11 Å². The minimum absolute atomic E-state index is 0. The molecule has 5 heteroatoms. The van der Waals surface area contributed by atoms with Gasteiger partial charge in [0, 0.05) is 18.0 Å². The average Bonchev–Trinajstić information content (AvgIpc) is 2.54. The maximum absolute atomic E-state index is 11.6. The zero-order valence-corrected chi connectivity index (χ0v) is 13.0. The molecule has 1 heterocycles. The molecule has 0 unspecified atom stereocenters. The summed E-state index contributed by atoms with van der Waals surface area (Å²) in [6, 6.07) is 15.0. The van der Waals surface area contributed by atoms with Gasteiger partial charge in [-0.3, -0.25) is 0 Å². The highest BCUT2D eigenvalue weighted by atomic mass is 35.5. The van der Waals surface area contributed by atoms with E-state index < -0.39 is 0 Å². The molecule has 0 bridgehead atoms. The van der Waals surface area contributed by atoms with E-state index >= 15 is 0 Å². The number of hydrogen-bond donors (Lipinski definition) is 1. The zero-order valence-electron chi connectivity index (χ0n) is 12.2. The Morgan fingerprint density at radius 2 is 2.00 bits per heavy atom. The van der Waals surface area contributed by atoms with Crippen LogP contribution in [0, 0.1) is 0 Å². The molecular formula is C17H18ClNO3. The molecule has 0 aliphatic carbocycles. The van der Waals surface area contributed by atoms with E-state index in [0.29, 0.717) is 12.0 Å². The number of carbonyl (C=O) groups excluding carboxylic acids is 1. The van der Waals surface area contributed by atoms with Crippen molar-refractivity contribution >= 4 is 18.4 Å². The Kier molecular flexibility index (Phi) is 5.06. The van der Waals surface area contributed by atoms with Crippen molar-refractivity contribution < 1.29 is 14.3 Å². The van der Waals surface area contributed by atoms with Crippen LogP contribution in [0.25, 0.3) is 0 Å². The molecule has 0 aromatic heterocycles. The van der Waals surface area contributed by atoms with E-state index in [9.17, 15) is 4.79 Å². The number of para-hydroxylation sites is 1. The summed E-state index contributed by atoms with van der Waals surface area (Å²) in [7, 11) is 1.37. The topological polar surface area (TPSA) is 61.5 Å². The SMILES string of the molecule is COC(=O)c1cccc([C@H]2C[C@@H](N)c3ccccc3O2)c1.Cl. The average molecular weight is 320 g/mol. The Morgan fingerprint density at radius 3 is 2.77 bits per heavy atom. The van der Waals surface area contributed by atoms with Crippen molar-refractivity contribution in [1.29, 1.82) is 0 Å². The summed E-state index contributed by atoms with van der Waals surface area (Å²) in [5, 5.41) is 0. The van der Waals surface area contributed by atoms with Gasteiger partial charge >= 0.3 is 5.97 Å². The van der Waals surface area contributed by atoms with Gasteiger partial charge < -0.3 is 15.2 Å². The number of halogens is 1. The van der Waals surface area contributed by atoms with Gasteiger partial charge in [-0.2, -0.15) is 0 Å². The molecule has 0 amide bonds. The van der Waals surface area contributed by atoms with E-state index in [-0.39, 0.29) is 30.5 Å². The van der Waals surface area contributed by atoms with Gasteiger partial charge in [0.1, 0.15) is 11.9 Å². The number of fused-ring (bicyclic) bond motifs is 1. The lowest BCUT2D eigenvalue weighted by atomic mass is 9.93. The maximum Gasteiger partial charge on any atom is 0.337 e. The Balaban J connectivity index is 0.00000176. The highest BCUT2D eigenvalue weighted by molar-refractivity contribution is 5.89. The first-order valence-electron chi connectivity index (χ1n) is 6.88. The Morgan fingerprint density at radius 1 is 1.23 bits per heavy atom. The molecule has 1 aliphatic heterocycles. The predicted molar refractivity (Wildman–Crippen MR) is 86.4 cm³/mol. The molecule has 0 saturated heterocycles. The standard InChI is InChI=1S/C17H17NO3.ClH/c1-20-17(19)12-6-4-5-11(9-12)16-10-14(18)13-7-2-3-8-15(13)21-16;/h2-9,14,16H,10,18H2,1H3;1H/t14-,16-;/m1./s1. The predicted octanol–water partition coefficient (Wildman–Crippen LogP) is 3.42. The fourth-order valence-corrected chi connectivity index (χ4v) is 2.64. The second-order valence-corrected chi connectivity index (χ2v) is 5.10. The number of carbonyl (C=O) groups is 1. The Bertz CT molecular complexity index is 674. The second kappa shape index (κ2) is 6.81. The molecule has 0 saturated carbocycles. The molecule has 0 radical (unpaired) electrons. The van der Waals surface area contributed by atoms with E-state index in [1.54, 1.807) is 12.1 Å². The molecule has 22 heavy (non-hydrogen) atoms. The van der Waals surface area contributed by atoms with E-state index in [2.05, 4.69) is 0 Å². The number of esters is 1. The smallest absolute Gasteiger partial charge is 0.337 e. The van der Waals surface area contributed by atoms with Gasteiger partial charge in [0.2, 0.25) is 0 Å². The molecular weight excluding hydrogens is 302 g/mol. The summed E-state index contributed by atoms with van der Waals surface area (Å²) in [6.07, 6.45) is 0.529. The van der Waals surface area contributed by atoms with Crippen molar-refractivity contribution in [3.8, 4) is 5.75 Å². The third-order valence-electron chi connectivity index (χ3n) is 3.74. The molecule has 0 spiro atoms. The molecule has 0 fully saturated rings. The number of benzene rings is 2. The first kappa shape index (κ1) is 16.3. The fourth-order valence-electron chi connectivity index (χ4n) is 2.64. The highest BCUT2D eigenvalue weighted by Crippen LogP contribution is 2.39. The normalized spacial score (nSPS) is 19.4. The van der Waals surface area contributed by atoms with Gasteiger partial charge in [-0.1, -0.05) is 30.3 Å². The maximum atomic E-state index is 11.6. The van der Waals surface area contributed by atoms with Crippen LogP contribution in [0.1, 0.15) is 40.1 Å². The van der Waals surface area contributed by atoms with E-state index in [1.807, 2.05) is 36.4 Å². The number of ether oxygens (including phenoxy) is 2. The number of nitrogens with two attached hydrogens (primary N) is 1. The number of hydrogen-bond acceptors (Lipinski definition) is 4. The van der Waals surface area contributed by atoms with Crippen molar-refractivity contribution in [3.63, 3.8) is 0 Å². The Hall–Kier alpha value is -2.04. The number of methoxy groups -OCH3 is 1. The van der Waals surface area contributed by atoms with Crippen molar-refractivity contribution in [2.45, 2.75) is 18.6 Å². The lowest BCUT2D eigenvalue weighted by Gasteiger charge is -2.30. The molecule has 2 N–H and O–H groups in total. The highest BCUT2D eigenvalue weighted by Gasteiger charge is 2.27. The lowest BCUT2D eigenvalue weighted by molar-refractivity contribution is 0.0600. The van der Waals surface area contributed by atoms with Crippen molar-refractivity contribution in [1.82, 2.24) is 0 Å². The van der Waals surface area contributed by atoms with Gasteiger partial charge in [0.25, 0.3) is 0 Å². The molecule has 1 aliphatic rings. The molecule has 3 rings (SSSR count). The van der Waals surface area contributed by atoms with Crippen molar-refractivity contribution in [3.05, 3.63) is 65.2 Å². The second-order valence-electron chi connectivity index (χ2n) is 5.10. The van der Waals surface area contributed by atoms with Crippen LogP contribution in [0.15, 0.2) is 48.5 Å². The van der Waals surface area contributed by atoms with Crippen LogP contribution >= 0.6 is 12.4 Å². The van der Waals surface area contributed by atoms with Crippen LogP contribution < -0.4 is 10.5 Å². The van der Waals surface area contributed by atoms with Crippen LogP contribution in [-0.4, -0.2) is 13.1 Å². The lowest BCUT2D eigenvalue weighted by Crippen LogP contribution is -2.24. The van der Waals surface area contributed by atoms with Crippen LogP contribution in [0.4, 0.5) is 0 Å². The summed E-state index contributed by atoms with van der Waals surface area (Å²) >= 11 is 0. The van der Waals surface area contributed by atoms with E-state index in [4.69, 9.17) is 15.2 Å². The Labute approximate surface area is 135 Å². The van der Waals surface area contributed by atoms with Crippen LogP contribution in [0.2, 0.25) is 0 Å². The van der Waals surface area contributed by atoms with Gasteiger partial charge in [-0.25, -0.2) is 4.79 Å². The summed E-state index contributed by atoms with van der Waals surface area (Å²) in [4.78, 5) is 11.6. The fraction of sp³-hybridized carbons (Fsp3) is 0.235. The van der Waals surface area contributed by atoms with Gasteiger partial charge in [0.05, 0.1) is 12.7 Å². The minimum Gasteiger partial charge on any atom is -0.485 e. The first-order valence-corrected chi connectivity index (χ1v) is 6.88. The van der Waals surface area contributed by atoms with Crippen LogP contribution in [0.5, 0.6) is 5.75 Å². The molecule has 4 nitrogen and oxygen atoms in total. The van der Waals surface area contributed by atoms with Gasteiger partial charge in [-0.05, 0) is 23.8 Å². The monoisotopic (exact) mass is 319 g/mol. The quantitative estimate of drug-likeness (QED) is 0.862. The van der Waals surface area contributed by atoms with Crippen molar-refractivity contribution in [2.24, 2.45) is 5.73 Å². The largest absolute Gasteiger partial charge is 0.485 e. The third-order valence-corrected chi connectivity index (χ3v) is 3.74. The van der Waals surface area contributed by atoms with Gasteiger partial charge in [0.15, 0.2) is 0 Å². The van der Waals surface area contributed by atoms with Crippen molar-refractivity contribution in [2.75, 3.05) is 7.11 Å². The number of rotatable bonds is 2. The summed E-state index contributed by atoms with van der Waals surface area (Å²) in [5.74, 6) is 0.460. The molecule has 116 valence electrons. The third kappa shape index (κ3) is 3.08. The molecule has 2 aromatic rings. The molecule has 2 aromatic carbocycles. The first-order chi connectivity index (χ1) is 10.2. The minimum atomic E-state index is -0.350. The zero-order chi connectivity index (χ0) is 14.8.